The highest BCUT2D eigenvalue weighted by Gasteiger charge is 2.24. The van der Waals surface area contributed by atoms with Crippen molar-refractivity contribution in [1.82, 2.24) is 10.2 Å². The fourth-order valence-corrected chi connectivity index (χ4v) is 3.11. The van der Waals surface area contributed by atoms with E-state index in [1.54, 1.807) is 7.11 Å². The highest BCUT2D eigenvalue weighted by molar-refractivity contribution is 14.0. The fourth-order valence-electron chi connectivity index (χ4n) is 3.11. The molecule has 1 aliphatic heterocycles. The van der Waals surface area contributed by atoms with E-state index in [1.807, 2.05) is 19.2 Å². The zero-order valence-corrected chi connectivity index (χ0v) is 19.1. The standard InChI is InChI=1S/C20H33N3O2.HI/c1-20(2,3)17-6-8-18(9-7-17)25-13-11-22-19(21-4)23-12-10-16(14-23)15-24-5;/h6-9,16H,10-15H2,1-5H3,(H,21,22);1H. The van der Waals surface area contributed by atoms with Crippen LogP contribution in [0.4, 0.5) is 0 Å². The summed E-state index contributed by atoms with van der Waals surface area (Å²) in [6.45, 7) is 10.9. The molecule has 1 atom stereocenters. The van der Waals surface area contributed by atoms with E-state index in [0.717, 1.165) is 44.4 Å². The molecule has 148 valence electrons. The number of methoxy groups -OCH3 is 1. The van der Waals surface area contributed by atoms with E-state index >= 15 is 0 Å². The van der Waals surface area contributed by atoms with Crippen LogP contribution in [-0.2, 0) is 10.2 Å². The maximum atomic E-state index is 5.83. The first-order valence-corrected chi connectivity index (χ1v) is 9.12. The molecule has 0 amide bonds. The van der Waals surface area contributed by atoms with Crippen LogP contribution in [0.1, 0.15) is 32.8 Å². The minimum atomic E-state index is 0. The second-order valence-electron chi connectivity index (χ2n) is 7.65. The third-order valence-electron chi connectivity index (χ3n) is 4.57. The number of nitrogens with one attached hydrogen (secondary N) is 1. The molecule has 0 aliphatic carbocycles. The Hall–Kier alpha value is -1.02. The Morgan fingerprint density at radius 2 is 1.96 bits per heavy atom. The first-order chi connectivity index (χ1) is 11.9. The van der Waals surface area contributed by atoms with Gasteiger partial charge in [-0.2, -0.15) is 0 Å². The van der Waals surface area contributed by atoms with Crippen molar-refractivity contribution in [3.8, 4) is 5.75 Å². The first-order valence-electron chi connectivity index (χ1n) is 9.12. The topological polar surface area (TPSA) is 46.1 Å². The third kappa shape index (κ3) is 6.95. The van der Waals surface area contributed by atoms with Crippen LogP contribution in [0.15, 0.2) is 29.3 Å². The predicted molar refractivity (Wildman–Crippen MR) is 119 cm³/mol. The average molecular weight is 475 g/mol. The Labute approximate surface area is 175 Å². The van der Waals surface area contributed by atoms with Crippen molar-refractivity contribution in [2.45, 2.75) is 32.6 Å². The lowest BCUT2D eigenvalue weighted by Gasteiger charge is -2.22. The van der Waals surface area contributed by atoms with E-state index < -0.39 is 0 Å². The maximum Gasteiger partial charge on any atom is 0.193 e. The summed E-state index contributed by atoms with van der Waals surface area (Å²) >= 11 is 0. The van der Waals surface area contributed by atoms with Crippen molar-refractivity contribution in [3.05, 3.63) is 29.8 Å². The molecule has 1 heterocycles. The molecule has 5 nitrogen and oxygen atoms in total. The highest BCUT2D eigenvalue weighted by atomic mass is 127. The molecule has 1 aliphatic rings. The van der Waals surface area contributed by atoms with Gasteiger partial charge in [0, 0.05) is 33.2 Å². The second-order valence-corrected chi connectivity index (χ2v) is 7.65. The molecule has 26 heavy (non-hydrogen) atoms. The number of hydrogen-bond donors (Lipinski definition) is 1. The van der Waals surface area contributed by atoms with Crippen LogP contribution in [0.2, 0.25) is 0 Å². The van der Waals surface area contributed by atoms with Crippen LogP contribution in [0, 0.1) is 5.92 Å². The van der Waals surface area contributed by atoms with E-state index in [9.17, 15) is 0 Å². The van der Waals surface area contributed by atoms with Crippen molar-refractivity contribution >= 4 is 29.9 Å². The summed E-state index contributed by atoms with van der Waals surface area (Å²) in [6, 6.07) is 8.38. The van der Waals surface area contributed by atoms with Crippen molar-refractivity contribution in [2.24, 2.45) is 10.9 Å². The normalized spacial score (nSPS) is 17.8. The minimum absolute atomic E-state index is 0. The molecule has 6 heteroatoms. The quantitative estimate of drug-likeness (QED) is 0.296. The number of nitrogens with zero attached hydrogens (tertiary/aromatic N) is 2. The van der Waals surface area contributed by atoms with Gasteiger partial charge in [0.2, 0.25) is 0 Å². The van der Waals surface area contributed by atoms with E-state index in [-0.39, 0.29) is 29.4 Å². The summed E-state index contributed by atoms with van der Waals surface area (Å²) in [5, 5.41) is 3.39. The number of hydrogen-bond acceptors (Lipinski definition) is 3. The molecular weight excluding hydrogens is 441 g/mol. The van der Waals surface area contributed by atoms with Gasteiger partial charge in [0.1, 0.15) is 12.4 Å². The fraction of sp³-hybridized carbons (Fsp3) is 0.650. The van der Waals surface area contributed by atoms with Gasteiger partial charge in [-0.05, 0) is 29.5 Å². The number of guanidine groups is 1. The van der Waals surface area contributed by atoms with E-state index in [0.29, 0.717) is 12.5 Å². The number of likely N-dealkylation sites (tertiary alicyclic amines) is 1. The molecule has 0 bridgehead atoms. The van der Waals surface area contributed by atoms with Gasteiger partial charge in [-0.1, -0.05) is 32.9 Å². The van der Waals surface area contributed by atoms with Gasteiger partial charge < -0.3 is 19.7 Å². The Bertz CT molecular complexity index is 555. The lowest BCUT2D eigenvalue weighted by molar-refractivity contribution is 0.157. The first kappa shape index (κ1) is 23.0. The lowest BCUT2D eigenvalue weighted by Crippen LogP contribution is -2.41. The second kappa shape index (κ2) is 11.0. The van der Waals surface area contributed by atoms with Gasteiger partial charge >= 0.3 is 0 Å². The molecular formula is C20H34IN3O2. The summed E-state index contributed by atoms with van der Waals surface area (Å²) in [5.74, 6) is 2.46. The molecule has 1 aromatic carbocycles. The van der Waals surface area contributed by atoms with Crippen LogP contribution in [0.3, 0.4) is 0 Å². The monoisotopic (exact) mass is 475 g/mol. The lowest BCUT2D eigenvalue weighted by atomic mass is 9.87. The van der Waals surface area contributed by atoms with Gasteiger partial charge in [-0.15, -0.1) is 24.0 Å². The summed E-state index contributed by atoms with van der Waals surface area (Å²) in [6.07, 6.45) is 1.16. The van der Waals surface area contributed by atoms with E-state index in [4.69, 9.17) is 9.47 Å². The van der Waals surface area contributed by atoms with Crippen LogP contribution < -0.4 is 10.1 Å². The average Bonchev–Trinajstić information content (AvgIpc) is 3.03. The summed E-state index contributed by atoms with van der Waals surface area (Å²) in [7, 11) is 3.60. The number of rotatable bonds is 6. The SMILES string of the molecule is CN=C(NCCOc1ccc(C(C)(C)C)cc1)N1CCC(COC)C1.I. The van der Waals surface area contributed by atoms with Crippen molar-refractivity contribution in [1.29, 1.82) is 0 Å². The zero-order valence-electron chi connectivity index (χ0n) is 16.7. The largest absolute Gasteiger partial charge is 0.492 e. The molecule has 1 unspecified atom stereocenters. The van der Waals surface area contributed by atoms with Crippen LogP contribution in [-0.4, -0.2) is 57.9 Å². The van der Waals surface area contributed by atoms with Crippen molar-refractivity contribution < 1.29 is 9.47 Å². The van der Waals surface area contributed by atoms with E-state index in [2.05, 4.69) is 48.1 Å². The Morgan fingerprint density at radius 3 is 2.54 bits per heavy atom. The Morgan fingerprint density at radius 1 is 1.27 bits per heavy atom. The number of halogens is 1. The van der Waals surface area contributed by atoms with Crippen molar-refractivity contribution in [2.75, 3.05) is 47.0 Å². The van der Waals surface area contributed by atoms with Gasteiger partial charge in [-0.25, -0.2) is 0 Å². The molecule has 1 fully saturated rings. The van der Waals surface area contributed by atoms with Crippen LogP contribution in [0.5, 0.6) is 5.75 Å². The van der Waals surface area contributed by atoms with Gasteiger partial charge in [0.25, 0.3) is 0 Å². The summed E-state index contributed by atoms with van der Waals surface area (Å²) in [5.41, 5.74) is 1.49. The predicted octanol–water partition coefficient (Wildman–Crippen LogP) is 3.52. The molecule has 0 spiro atoms. The molecule has 1 N–H and O–H groups in total. The Balaban J connectivity index is 0.00000338. The molecule has 0 radical (unpaired) electrons. The molecule has 0 saturated carbocycles. The number of benzene rings is 1. The minimum Gasteiger partial charge on any atom is -0.492 e. The Kier molecular flexibility index (Phi) is 9.71. The van der Waals surface area contributed by atoms with Gasteiger partial charge in [0.15, 0.2) is 5.96 Å². The highest BCUT2D eigenvalue weighted by Crippen LogP contribution is 2.24. The third-order valence-corrected chi connectivity index (χ3v) is 4.57. The molecule has 0 aromatic heterocycles. The molecule has 1 aromatic rings. The summed E-state index contributed by atoms with van der Waals surface area (Å²) in [4.78, 5) is 6.68. The zero-order chi connectivity index (χ0) is 18.3. The molecule has 1 saturated heterocycles. The summed E-state index contributed by atoms with van der Waals surface area (Å²) < 4.78 is 11.1. The van der Waals surface area contributed by atoms with Crippen LogP contribution in [0.25, 0.3) is 0 Å². The van der Waals surface area contributed by atoms with Crippen LogP contribution >= 0.6 is 24.0 Å². The van der Waals surface area contributed by atoms with Gasteiger partial charge in [0.05, 0.1) is 13.2 Å². The number of aliphatic imine (C=N–C) groups is 1. The maximum absolute atomic E-state index is 5.83. The smallest absolute Gasteiger partial charge is 0.193 e. The number of ether oxygens (including phenoxy) is 2. The van der Waals surface area contributed by atoms with E-state index in [1.165, 1.54) is 5.56 Å². The van der Waals surface area contributed by atoms with Gasteiger partial charge in [-0.3, -0.25) is 4.99 Å². The van der Waals surface area contributed by atoms with Crippen molar-refractivity contribution in [3.63, 3.8) is 0 Å². The molecule has 2 rings (SSSR count).